The lowest BCUT2D eigenvalue weighted by Crippen LogP contribution is -2.42. The van der Waals surface area contributed by atoms with E-state index in [9.17, 15) is 14.4 Å². The van der Waals surface area contributed by atoms with Gasteiger partial charge in [0.25, 0.3) is 5.91 Å². The van der Waals surface area contributed by atoms with Crippen LogP contribution in [0.5, 0.6) is 0 Å². The number of hydrogen-bond donors (Lipinski definition) is 2. The molecule has 9 heteroatoms. The number of amides is 3. The molecular formula is C18H16ClN3O4S. The van der Waals surface area contributed by atoms with Gasteiger partial charge in [-0.05, 0) is 37.1 Å². The minimum Gasteiger partial charge on any atom is -0.452 e. The molecular weight excluding hydrogens is 390 g/mol. The van der Waals surface area contributed by atoms with Gasteiger partial charge in [-0.3, -0.25) is 10.1 Å². The van der Waals surface area contributed by atoms with Crippen molar-refractivity contribution >= 4 is 41.3 Å². The molecule has 2 N–H and O–H groups in total. The van der Waals surface area contributed by atoms with Gasteiger partial charge in [0.2, 0.25) is 0 Å². The number of benzene rings is 1. The van der Waals surface area contributed by atoms with Crippen molar-refractivity contribution in [2.24, 2.45) is 0 Å². The molecule has 3 amide bonds. The molecule has 0 atom stereocenters. The number of nitrogens with zero attached hydrogens (tertiary/aromatic N) is 1. The van der Waals surface area contributed by atoms with Crippen molar-refractivity contribution in [3.05, 3.63) is 53.2 Å². The highest BCUT2D eigenvalue weighted by Crippen LogP contribution is 2.33. The summed E-state index contributed by atoms with van der Waals surface area (Å²) in [5.74, 6) is -1.42. The summed E-state index contributed by atoms with van der Waals surface area (Å²) >= 11 is 7.36. The molecule has 0 unspecified atom stereocenters. The number of carbonyl (C=O) groups is 3. The predicted octanol–water partition coefficient (Wildman–Crippen LogP) is 3.03. The number of ether oxygens (including phenoxy) is 1. The Morgan fingerprint density at radius 2 is 1.96 bits per heavy atom. The molecule has 1 saturated carbocycles. The van der Waals surface area contributed by atoms with E-state index in [0.717, 1.165) is 17.7 Å². The number of pyridine rings is 1. The summed E-state index contributed by atoms with van der Waals surface area (Å²) in [6, 6.07) is 9.85. The quantitative estimate of drug-likeness (QED) is 0.717. The van der Waals surface area contributed by atoms with Crippen molar-refractivity contribution in [1.82, 2.24) is 15.6 Å². The average molecular weight is 406 g/mol. The second-order valence-electron chi connectivity index (χ2n) is 5.76. The highest BCUT2D eigenvalue weighted by Gasteiger charge is 2.24. The number of urea groups is 1. The number of aromatic nitrogens is 1. The van der Waals surface area contributed by atoms with E-state index in [1.807, 2.05) is 12.1 Å². The van der Waals surface area contributed by atoms with Crippen molar-refractivity contribution in [3.8, 4) is 0 Å². The van der Waals surface area contributed by atoms with Gasteiger partial charge in [0.05, 0.1) is 10.6 Å². The van der Waals surface area contributed by atoms with E-state index in [2.05, 4.69) is 15.6 Å². The summed E-state index contributed by atoms with van der Waals surface area (Å²) in [5, 5.41) is 5.66. The second-order valence-corrected chi connectivity index (χ2v) is 7.20. The van der Waals surface area contributed by atoms with Crippen LogP contribution in [0.25, 0.3) is 0 Å². The maximum absolute atomic E-state index is 12.3. The highest BCUT2D eigenvalue weighted by molar-refractivity contribution is 7.99. The first-order valence-corrected chi connectivity index (χ1v) is 9.37. The summed E-state index contributed by atoms with van der Waals surface area (Å²) in [6.45, 7) is -0.567. The zero-order valence-electron chi connectivity index (χ0n) is 14.1. The SMILES string of the molecule is O=C(COC(=O)c1cccnc1Sc1ccccc1Cl)NC(=O)NC1CC1. The Kier molecular flexibility index (Phi) is 6.31. The van der Waals surface area contributed by atoms with E-state index < -0.39 is 24.5 Å². The minimum atomic E-state index is -0.713. The van der Waals surface area contributed by atoms with Gasteiger partial charge in [0, 0.05) is 17.1 Å². The summed E-state index contributed by atoms with van der Waals surface area (Å²) in [7, 11) is 0. The molecule has 2 aromatic rings. The maximum Gasteiger partial charge on any atom is 0.341 e. The molecule has 1 aromatic carbocycles. The smallest absolute Gasteiger partial charge is 0.341 e. The summed E-state index contributed by atoms with van der Waals surface area (Å²) < 4.78 is 5.00. The molecule has 1 aromatic heterocycles. The molecule has 1 heterocycles. The molecule has 1 aliphatic carbocycles. The number of imide groups is 1. The van der Waals surface area contributed by atoms with E-state index in [-0.39, 0.29) is 11.6 Å². The van der Waals surface area contributed by atoms with Crippen LogP contribution in [-0.4, -0.2) is 35.5 Å². The van der Waals surface area contributed by atoms with E-state index in [1.165, 1.54) is 11.8 Å². The van der Waals surface area contributed by atoms with Crippen LogP contribution in [0.15, 0.2) is 52.5 Å². The Labute approximate surface area is 164 Å². The Hall–Kier alpha value is -2.58. The lowest BCUT2D eigenvalue weighted by molar-refractivity contribution is -0.123. The van der Waals surface area contributed by atoms with Crippen LogP contribution in [0.2, 0.25) is 5.02 Å². The van der Waals surface area contributed by atoms with Gasteiger partial charge >= 0.3 is 12.0 Å². The lowest BCUT2D eigenvalue weighted by atomic mass is 10.3. The van der Waals surface area contributed by atoms with Crippen LogP contribution < -0.4 is 10.6 Å². The largest absolute Gasteiger partial charge is 0.452 e. The molecule has 0 radical (unpaired) electrons. The molecule has 27 heavy (non-hydrogen) atoms. The summed E-state index contributed by atoms with van der Waals surface area (Å²) in [4.78, 5) is 40.5. The Morgan fingerprint density at radius 3 is 2.70 bits per heavy atom. The van der Waals surface area contributed by atoms with E-state index in [0.29, 0.717) is 10.0 Å². The Morgan fingerprint density at radius 1 is 1.19 bits per heavy atom. The standard InChI is InChI=1S/C18H16ClN3O4S/c19-13-5-1-2-6-14(13)27-16-12(4-3-9-20-16)17(24)26-10-15(23)22-18(25)21-11-7-8-11/h1-6,9,11H,7-8,10H2,(H2,21,22,23,25). The molecule has 0 bridgehead atoms. The van der Waals surface area contributed by atoms with Gasteiger partial charge in [-0.25, -0.2) is 14.6 Å². The first-order chi connectivity index (χ1) is 13.0. The fraction of sp³-hybridized carbons (Fsp3) is 0.222. The minimum absolute atomic E-state index is 0.125. The molecule has 0 saturated heterocycles. The zero-order valence-corrected chi connectivity index (χ0v) is 15.7. The van der Waals surface area contributed by atoms with E-state index >= 15 is 0 Å². The molecule has 0 aliphatic heterocycles. The van der Waals surface area contributed by atoms with Crippen molar-refractivity contribution < 1.29 is 19.1 Å². The number of halogens is 1. The number of nitrogens with one attached hydrogen (secondary N) is 2. The van der Waals surface area contributed by atoms with Crippen molar-refractivity contribution in [3.63, 3.8) is 0 Å². The fourth-order valence-corrected chi connectivity index (χ4v) is 3.23. The molecule has 1 aliphatic rings. The Bertz CT molecular complexity index is 873. The first-order valence-electron chi connectivity index (χ1n) is 8.18. The number of esters is 1. The van der Waals surface area contributed by atoms with Crippen LogP contribution in [-0.2, 0) is 9.53 Å². The van der Waals surface area contributed by atoms with Crippen LogP contribution in [0.4, 0.5) is 4.79 Å². The molecule has 0 spiro atoms. The van der Waals surface area contributed by atoms with Gasteiger partial charge in [0.1, 0.15) is 5.03 Å². The van der Waals surface area contributed by atoms with Gasteiger partial charge in [-0.1, -0.05) is 35.5 Å². The predicted molar refractivity (Wildman–Crippen MR) is 99.8 cm³/mol. The fourth-order valence-electron chi connectivity index (χ4n) is 2.08. The monoisotopic (exact) mass is 405 g/mol. The van der Waals surface area contributed by atoms with Gasteiger partial charge < -0.3 is 10.1 Å². The second kappa shape index (κ2) is 8.88. The lowest BCUT2D eigenvalue weighted by Gasteiger charge is -2.09. The third-order valence-corrected chi connectivity index (χ3v) is 5.07. The van der Waals surface area contributed by atoms with Crippen LogP contribution in [0.3, 0.4) is 0 Å². The molecule has 7 nitrogen and oxygen atoms in total. The zero-order chi connectivity index (χ0) is 19.2. The van der Waals surface area contributed by atoms with Gasteiger partial charge in [-0.15, -0.1) is 0 Å². The van der Waals surface area contributed by atoms with Gasteiger partial charge in [-0.2, -0.15) is 0 Å². The first kappa shape index (κ1) is 19.2. The normalized spacial score (nSPS) is 12.9. The molecule has 140 valence electrons. The third kappa shape index (κ3) is 5.70. The maximum atomic E-state index is 12.3. The van der Waals surface area contributed by atoms with Crippen molar-refractivity contribution in [1.29, 1.82) is 0 Å². The number of carbonyl (C=O) groups excluding carboxylic acids is 3. The third-order valence-electron chi connectivity index (χ3n) is 3.53. The topological polar surface area (TPSA) is 97.4 Å². The molecule has 3 rings (SSSR count). The van der Waals surface area contributed by atoms with E-state index in [1.54, 1.807) is 30.5 Å². The van der Waals surface area contributed by atoms with Crippen LogP contribution in [0, 0.1) is 0 Å². The summed E-state index contributed by atoms with van der Waals surface area (Å²) in [6.07, 6.45) is 3.36. The van der Waals surface area contributed by atoms with Crippen molar-refractivity contribution in [2.45, 2.75) is 28.8 Å². The van der Waals surface area contributed by atoms with Crippen molar-refractivity contribution in [2.75, 3.05) is 6.61 Å². The van der Waals surface area contributed by atoms with Crippen LogP contribution in [0.1, 0.15) is 23.2 Å². The van der Waals surface area contributed by atoms with Crippen LogP contribution >= 0.6 is 23.4 Å². The highest BCUT2D eigenvalue weighted by atomic mass is 35.5. The molecule has 1 fully saturated rings. The van der Waals surface area contributed by atoms with E-state index in [4.69, 9.17) is 16.3 Å². The average Bonchev–Trinajstić information content (AvgIpc) is 3.46. The summed E-state index contributed by atoms with van der Waals surface area (Å²) in [5.41, 5.74) is 0.206. The Balaban J connectivity index is 1.58. The van der Waals surface area contributed by atoms with Gasteiger partial charge in [0.15, 0.2) is 6.61 Å². The number of rotatable bonds is 6. The number of hydrogen-bond acceptors (Lipinski definition) is 6.